The second-order valence-electron chi connectivity index (χ2n) is 7.46. The van der Waals surface area contributed by atoms with Gasteiger partial charge in [0.1, 0.15) is 17.9 Å². The highest BCUT2D eigenvalue weighted by Crippen LogP contribution is 2.44. The number of rotatable bonds is 4. The summed E-state index contributed by atoms with van der Waals surface area (Å²) < 4.78 is 22.2. The predicted molar refractivity (Wildman–Crippen MR) is 98.7 cm³/mol. The summed E-state index contributed by atoms with van der Waals surface area (Å²) in [5, 5.41) is 28.7. The van der Waals surface area contributed by atoms with Gasteiger partial charge >= 0.3 is 5.97 Å². The Bertz CT molecular complexity index is 1010. The third-order valence-electron chi connectivity index (χ3n) is 5.70. The van der Waals surface area contributed by atoms with Crippen molar-refractivity contribution in [1.29, 1.82) is 0 Å². The van der Waals surface area contributed by atoms with Crippen molar-refractivity contribution in [3.8, 4) is 5.75 Å². The molecule has 3 atom stereocenters. The topological polar surface area (TPSA) is 112 Å². The molecule has 0 spiro atoms. The second-order valence-corrected chi connectivity index (χ2v) is 7.46. The van der Waals surface area contributed by atoms with Crippen LogP contribution in [0.2, 0.25) is 0 Å². The second kappa shape index (κ2) is 6.75. The lowest BCUT2D eigenvalue weighted by Crippen LogP contribution is -2.35. The summed E-state index contributed by atoms with van der Waals surface area (Å²) in [6.07, 6.45) is 0. The van der Waals surface area contributed by atoms with E-state index in [9.17, 15) is 24.9 Å². The molecule has 0 amide bonds. The number of carbonyl (C=O) groups is 1. The number of hydrogen-bond donors (Lipinski definition) is 3. The van der Waals surface area contributed by atoms with Crippen LogP contribution in [0.25, 0.3) is 10.9 Å². The summed E-state index contributed by atoms with van der Waals surface area (Å²) in [4.78, 5) is 25.9. The summed E-state index contributed by atoms with van der Waals surface area (Å²) in [7, 11) is 0. The fourth-order valence-electron chi connectivity index (χ4n) is 4.25. The number of carboxylic acids is 1. The van der Waals surface area contributed by atoms with Crippen molar-refractivity contribution in [2.75, 3.05) is 37.8 Å². The molecule has 9 heteroatoms. The Labute approximate surface area is 159 Å². The maximum atomic E-state index is 15.1. The number of aliphatic hydroxyl groups is 2. The molecule has 2 aliphatic heterocycles. The summed E-state index contributed by atoms with van der Waals surface area (Å²) in [5.41, 5.74) is -0.540. The number of ether oxygens (including phenoxy) is 1. The summed E-state index contributed by atoms with van der Waals surface area (Å²) in [6.45, 7) is 2.26. The lowest BCUT2D eigenvalue weighted by molar-refractivity contribution is 0.0694. The zero-order valence-corrected chi connectivity index (χ0v) is 15.3. The van der Waals surface area contributed by atoms with E-state index in [2.05, 4.69) is 0 Å². The van der Waals surface area contributed by atoms with Crippen LogP contribution in [0.5, 0.6) is 5.75 Å². The minimum absolute atomic E-state index is 0.0994. The third kappa shape index (κ3) is 2.65. The van der Waals surface area contributed by atoms with Crippen LogP contribution >= 0.6 is 0 Å². The molecule has 1 saturated heterocycles. The van der Waals surface area contributed by atoms with Gasteiger partial charge < -0.3 is 25.0 Å². The van der Waals surface area contributed by atoms with Crippen molar-refractivity contribution >= 4 is 22.6 Å². The molecule has 3 heterocycles. The molecule has 4 rings (SSSR count). The Morgan fingerprint density at radius 1 is 1.25 bits per heavy atom. The first-order chi connectivity index (χ1) is 13.4. The first-order valence-electron chi connectivity index (χ1n) is 9.11. The number of nitrogens with zero attached hydrogens (tertiary/aromatic N) is 2. The van der Waals surface area contributed by atoms with Gasteiger partial charge in [-0.2, -0.15) is 0 Å². The smallest absolute Gasteiger partial charge is 0.341 e. The molecule has 28 heavy (non-hydrogen) atoms. The van der Waals surface area contributed by atoms with Crippen LogP contribution in [0.15, 0.2) is 16.9 Å². The maximum absolute atomic E-state index is 15.1. The molecule has 1 aromatic carbocycles. The van der Waals surface area contributed by atoms with Gasteiger partial charge in [0.15, 0.2) is 11.6 Å². The van der Waals surface area contributed by atoms with Crippen LogP contribution in [0.4, 0.5) is 10.1 Å². The van der Waals surface area contributed by atoms with Crippen LogP contribution in [-0.4, -0.2) is 58.8 Å². The van der Waals surface area contributed by atoms with Gasteiger partial charge in [0.25, 0.3) is 5.56 Å². The van der Waals surface area contributed by atoms with E-state index in [4.69, 9.17) is 4.74 Å². The average Bonchev–Trinajstić information content (AvgIpc) is 3.08. The number of halogens is 1. The molecular weight excluding hydrogens is 371 g/mol. The normalized spacial score (nSPS) is 23.9. The van der Waals surface area contributed by atoms with Crippen molar-refractivity contribution in [2.45, 2.75) is 13.0 Å². The Morgan fingerprint density at radius 2 is 1.89 bits per heavy atom. The largest absolute Gasteiger partial charge is 0.487 e. The summed E-state index contributed by atoms with van der Waals surface area (Å²) in [6, 6.07) is 1.97. The van der Waals surface area contributed by atoms with Crippen molar-refractivity contribution in [2.24, 2.45) is 11.8 Å². The lowest BCUT2D eigenvalue weighted by Gasteiger charge is -2.31. The minimum Gasteiger partial charge on any atom is -0.487 e. The highest BCUT2D eigenvalue weighted by Gasteiger charge is 2.37. The number of aromatic nitrogens is 1. The summed E-state index contributed by atoms with van der Waals surface area (Å²) >= 11 is 0. The predicted octanol–water partition coefficient (Wildman–Crippen LogP) is 0.829. The molecule has 1 aromatic heterocycles. The molecule has 8 nitrogen and oxygen atoms in total. The Morgan fingerprint density at radius 3 is 2.46 bits per heavy atom. The molecule has 1 fully saturated rings. The number of aliphatic hydroxyl groups excluding tert-OH is 2. The van der Waals surface area contributed by atoms with Crippen molar-refractivity contribution in [3.63, 3.8) is 0 Å². The van der Waals surface area contributed by atoms with Crippen LogP contribution in [-0.2, 0) is 0 Å². The van der Waals surface area contributed by atoms with E-state index in [0.29, 0.717) is 18.6 Å². The van der Waals surface area contributed by atoms with Gasteiger partial charge in [-0.25, -0.2) is 9.18 Å². The third-order valence-corrected chi connectivity index (χ3v) is 5.70. The van der Waals surface area contributed by atoms with E-state index in [-0.39, 0.29) is 48.5 Å². The Hall–Kier alpha value is -2.65. The van der Waals surface area contributed by atoms with Gasteiger partial charge in [-0.1, -0.05) is 0 Å². The van der Waals surface area contributed by atoms with E-state index < -0.39 is 29.0 Å². The Balaban J connectivity index is 1.96. The van der Waals surface area contributed by atoms with Crippen LogP contribution in [0, 0.1) is 17.7 Å². The number of anilines is 1. The van der Waals surface area contributed by atoms with E-state index >= 15 is 4.39 Å². The van der Waals surface area contributed by atoms with Gasteiger partial charge in [0.2, 0.25) is 0 Å². The van der Waals surface area contributed by atoms with Crippen molar-refractivity contribution in [1.82, 2.24) is 4.57 Å². The first-order valence-corrected chi connectivity index (χ1v) is 9.11. The Kier molecular flexibility index (Phi) is 4.51. The molecule has 2 aromatic rings. The number of aromatic carboxylic acids is 1. The van der Waals surface area contributed by atoms with Crippen LogP contribution in [0.1, 0.15) is 23.3 Å². The van der Waals surface area contributed by atoms with Crippen molar-refractivity contribution in [3.05, 3.63) is 33.9 Å². The molecule has 0 bridgehead atoms. The summed E-state index contributed by atoms with van der Waals surface area (Å²) in [5.74, 6) is -2.18. The molecule has 0 saturated carbocycles. The van der Waals surface area contributed by atoms with Gasteiger partial charge in [-0.15, -0.1) is 0 Å². The van der Waals surface area contributed by atoms with E-state index in [0.717, 1.165) is 0 Å². The standard InChI is InChI=1S/C19H21FN2O6/c1-9-8-28-17-15-10(2-13(19(26)27)18(25)22(9)15)3-14(20)16(17)21-4-11(6-23)12(5-21)7-24/h2-3,9,11-12,23-24H,4-8H2,1H3,(H,26,27)/t9-,11-,12+/m0/s1. The SMILES string of the molecule is C[C@H]1COc2c(N3C[C@@H](CO)[C@@H](CO)C3)c(F)cc3cc(C(=O)O)c(=O)n1c23. The zero-order valence-electron chi connectivity index (χ0n) is 15.3. The first kappa shape index (κ1) is 18.7. The molecule has 0 radical (unpaired) electrons. The highest BCUT2D eigenvalue weighted by atomic mass is 19.1. The molecule has 2 aliphatic rings. The van der Waals surface area contributed by atoms with E-state index in [1.54, 1.807) is 11.8 Å². The van der Waals surface area contributed by atoms with Crippen LogP contribution in [0.3, 0.4) is 0 Å². The van der Waals surface area contributed by atoms with Gasteiger partial charge in [0.05, 0.1) is 11.6 Å². The fraction of sp³-hybridized carbons (Fsp3) is 0.474. The number of pyridine rings is 1. The number of carboxylic acid groups (broad SMARTS) is 1. The minimum atomic E-state index is -1.36. The van der Waals surface area contributed by atoms with Gasteiger partial charge in [0, 0.05) is 43.5 Å². The van der Waals surface area contributed by atoms with Gasteiger partial charge in [-0.05, 0) is 19.1 Å². The average molecular weight is 392 g/mol. The number of hydrogen-bond acceptors (Lipinski definition) is 6. The molecular formula is C19H21FN2O6. The van der Waals surface area contributed by atoms with E-state index in [1.807, 2.05) is 0 Å². The van der Waals surface area contributed by atoms with Gasteiger partial charge in [-0.3, -0.25) is 9.36 Å². The molecule has 3 N–H and O–H groups in total. The maximum Gasteiger partial charge on any atom is 0.341 e. The van der Waals surface area contributed by atoms with Crippen molar-refractivity contribution < 1.29 is 29.2 Å². The highest BCUT2D eigenvalue weighted by molar-refractivity contribution is 5.97. The van der Waals surface area contributed by atoms with E-state index in [1.165, 1.54) is 16.7 Å². The van der Waals surface area contributed by atoms with Crippen LogP contribution < -0.4 is 15.2 Å². The number of benzene rings is 1. The zero-order chi connectivity index (χ0) is 20.2. The monoisotopic (exact) mass is 392 g/mol. The lowest BCUT2D eigenvalue weighted by atomic mass is 9.98. The molecule has 150 valence electrons. The molecule has 0 unspecified atom stereocenters. The fourth-order valence-corrected chi connectivity index (χ4v) is 4.25. The quantitative estimate of drug-likeness (QED) is 0.706. The molecule has 0 aliphatic carbocycles.